The summed E-state index contributed by atoms with van der Waals surface area (Å²) in [5, 5.41) is 11.0. The van der Waals surface area contributed by atoms with Gasteiger partial charge in [-0.25, -0.2) is 4.98 Å². The first-order valence-electron chi connectivity index (χ1n) is 10.8. The van der Waals surface area contributed by atoms with E-state index in [1.54, 1.807) is 12.1 Å². The molecule has 5 rings (SSSR count). The number of phenolic OH excluding ortho intramolecular Hbond substituents is 1. The van der Waals surface area contributed by atoms with E-state index in [1.807, 2.05) is 25.3 Å². The second-order valence-electron chi connectivity index (χ2n) is 8.57. The number of nitrogens with zero attached hydrogens (tertiary/aromatic N) is 3. The Morgan fingerprint density at radius 3 is 2.45 bits per heavy atom. The van der Waals surface area contributed by atoms with E-state index in [0.29, 0.717) is 0 Å². The number of phenols is 1. The van der Waals surface area contributed by atoms with Crippen molar-refractivity contribution in [2.45, 2.75) is 13.5 Å². The highest BCUT2D eigenvalue weighted by molar-refractivity contribution is 5.97. The van der Waals surface area contributed by atoms with Crippen LogP contribution in [-0.2, 0) is 6.54 Å². The number of hydrogen-bond donors (Lipinski definition) is 2. The van der Waals surface area contributed by atoms with Crippen LogP contribution >= 0.6 is 0 Å². The van der Waals surface area contributed by atoms with Gasteiger partial charge in [-0.05, 0) is 48.9 Å². The Bertz CT molecular complexity index is 1200. The van der Waals surface area contributed by atoms with Crippen molar-refractivity contribution in [3.63, 3.8) is 0 Å². The van der Waals surface area contributed by atoms with Crippen LogP contribution in [0.5, 0.6) is 5.75 Å². The van der Waals surface area contributed by atoms with Crippen LogP contribution in [-0.4, -0.2) is 58.1 Å². The molecule has 0 saturated carbocycles. The summed E-state index contributed by atoms with van der Waals surface area (Å²) < 4.78 is 0. The first kappa shape index (κ1) is 19.8. The standard InChI is InChI=1S/C26H28N4O/c1-18-25(21-4-3-5-23(31)14-21)24-15-22(16-27-26(24)28-18)20-8-6-19(7-9-20)17-30-12-10-29(2)11-13-30/h3-9,14-16,31H,10-13,17H2,1-2H3,(H,27,28). The Labute approximate surface area is 183 Å². The van der Waals surface area contributed by atoms with Crippen LogP contribution in [0.1, 0.15) is 11.3 Å². The van der Waals surface area contributed by atoms with E-state index in [9.17, 15) is 5.11 Å². The van der Waals surface area contributed by atoms with Gasteiger partial charge in [-0.2, -0.15) is 0 Å². The Kier molecular flexibility index (Phi) is 5.22. The van der Waals surface area contributed by atoms with Gasteiger partial charge in [0.2, 0.25) is 0 Å². The molecule has 5 heteroatoms. The van der Waals surface area contributed by atoms with Gasteiger partial charge in [0, 0.05) is 61.1 Å². The second kappa shape index (κ2) is 8.17. The van der Waals surface area contributed by atoms with Crippen molar-refractivity contribution in [1.29, 1.82) is 0 Å². The molecule has 0 bridgehead atoms. The van der Waals surface area contributed by atoms with Crippen molar-refractivity contribution >= 4 is 11.0 Å². The number of nitrogens with one attached hydrogen (secondary N) is 1. The van der Waals surface area contributed by atoms with E-state index in [2.05, 4.69) is 57.1 Å². The fourth-order valence-electron chi connectivity index (χ4n) is 4.46. The molecule has 1 aliphatic heterocycles. The lowest BCUT2D eigenvalue weighted by Gasteiger charge is -2.32. The van der Waals surface area contributed by atoms with Crippen molar-refractivity contribution in [3.8, 4) is 28.0 Å². The maximum Gasteiger partial charge on any atom is 0.138 e. The van der Waals surface area contributed by atoms with E-state index in [4.69, 9.17) is 0 Å². The molecule has 1 saturated heterocycles. The smallest absolute Gasteiger partial charge is 0.138 e. The lowest BCUT2D eigenvalue weighted by Crippen LogP contribution is -2.43. The number of benzene rings is 2. The summed E-state index contributed by atoms with van der Waals surface area (Å²) in [6.45, 7) is 7.59. The monoisotopic (exact) mass is 412 g/mol. The molecule has 0 amide bonds. The number of hydrogen-bond acceptors (Lipinski definition) is 4. The predicted octanol–water partition coefficient (Wildman–Crippen LogP) is 4.66. The third kappa shape index (κ3) is 4.07. The molecular weight excluding hydrogens is 384 g/mol. The number of H-pyrrole nitrogens is 1. The lowest BCUT2D eigenvalue weighted by atomic mass is 10.00. The van der Waals surface area contributed by atoms with Gasteiger partial charge < -0.3 is 15.0 Å². The Morgan fingerprint density at radius 2 is 1.71 bits per heavy atom. The molecule has 2 N–H and O–H groups in total. The van der Waals surface area contributed by atoms with E-state index in [0.717, 1.165) is 71.7 Å². The largest absolute Gasteiger partial charge is 0.508 e. The van der Waals surface area contributed by atoms with E-state index in [1.165, 1.54) is 5.56 Å². The van der Waals surface area contributed by atoms with Crippen LogP contribution in [0.3, 0.4) is 0 Å². The molecule has 4 aromatic rings. The molecule has 1 aliphatic rings. The molecule has 0 unspecified atom stereocenters. The molecule has 0 radical (unpaired) electrons. The zero-order valence-corrected chi connectivity index (χ0v) is 18.1. The van der Waals surface area contributed by atoms with Gasteiger partial charge in [-0.1, -0.05) is 36.4 Å². The van der Waals surface area contributed by atoms with E-state index in [-0.39, 0.29) is 5.75 Å². The summed E-state index contributed by atoms with van der Waals surface area (Å²) in [4.78, 5) is 13.0. The molecule has 3 heterocycles. The Hall–Kier alpha value is -3.15. The highest BCUT2D eigenvalue weighted by Gasteiger charge is 2.15. The van der Waals surface area contributed by atoms with Gasteiger partial charge in [0.25, 0.3) is 0 Å². The summed E-state index contributed by atoms with van der Waals surface area (Å²) in [6.07, 6.45) is 1.93. The third-order valence-electron chi connectivity index (χ3n) is 6.26. The van der Waals surface area contributed by atoms with E-state index < -0.39 is 0 Å². The number of piperazine rings is 1. The second-order valence-corrected chi connectivity index (χ2v) is 8.57. The number of likely N-dealkylation sites (N-methyl/N-ethyl adjacent to an activating group) is 1. The topological polar surface area (TPSA) is 55.4 Å². The van der Waals surface area contributed by atoms with Gasteiger partial charge in [0.1, 0.15) is 11.4 Å². The van der Waals surface area contributed by atoms with Gasteiger partial charge in [-0.3, -0.25) is 4.90 Å². The Morgan fingerprint density at radius 1 is 0.935 bits per heavy atom. The predicted molar refractivity (Wildman–Crippen MR) is 126 cm³/mol. The normalized spacial score (nSPS) is 15.5. The third-order valence-corrected chi connectivity index (χ3v) is 6.26. The van der Waals surface area contributed by atoms with Crippen molar-refractivity contribution in [3.05, 3.63) is 72.1 Å². The van der Waals surface area contributed by atoms with Gasteiger partial charge in [0.05, 0.1) is 0 Å². The zero-order chi connectivity index (χ0) is 21.4. The van der Waals surface area contributed by atoms with Gasteiger partial charge >= 0.3 is 0 Å². The summed E-state index contributed by atoms with van der Waals surface area (Å²) >= 11 is 0. The number of aromatic nitrogens is 2. The van der Waals surface area contributed by atoms with Crippen LogP contribution in [0.2, 0.25) is 0 Å². The van der Waals surface area contributed by atoms with Crippen molar-refractivity contribution in [1.82, 2.24) is 19.8 Å². The van der Waals surface area contributed by atoms with Crippen molar-refractivity contribution in [2.75, 3.05) is 33.2 Å². The highest BCUT2D eigenvalue weighted by atomic mass is 16.3. The molecule has 0 spiro atoms. The van der Waals surface area contributed by atoms with Gasteiger partial charge in [-0.15, -0.1) is 0 Å². The minimum Gasteiger partial charge on any atom is -0.508 e. The Balaban J connectivity index is 1.43. The summed E-state index contributed by atoms with van der Waals surface area (Å²) in [5.41, 5.74) is 7.60. The molecular formula is C26H28N4O. The van der Waals surface area contributed by atoms with Crippen LogP contribution in [0.15, 0.2) is 60.8 Å². The first-order valence-corrected chi connectivity index (χ1v) is 10.8. The fraction of sp³-hybridized carbons (Fsp3) is 0.269. The number of pyridine rings is 1. The average Bonchev–Trinajstić information content (AvgIpc) is 3.11. The minimum atomic E-state index is 0.270. The number of aromatic amines is 1. The van der Waals surface area contributed by atoms with Crippen molar-refractivity contribution < 1.29 is 5.11 Å². The summed E-state index contributed by atoms with van der Waals surface area (Å²) in [5.74, 6) is 0.270. The summed E-state index contributed by atoms with van der Waals surface area (Å²) in [7, 11) is 2.19. The van der Waals surface area contributed by atoms with Crippen LogP contribution < -0.4 is 0 Å². The molecule has 31 heavy (non-hydrogen) atoms. The number of fused-ring (bicyclic) bond motifs is 1. The first-order chi connectivity index (χ1) is 15.1. The SMILES string of the molecule is Cc1[nH]c2ncc(-c3ccc(CN4CCN(C)CC4)cc3)cc2c1-c1cccc(O)c1. The fourth-order valence-corrected chi connectivity index (χ4v) is 4.46. The molecule has 1 fully saturated rings. The highest BCUT2D eigenvalue weighted by Crippen LogP contribution is 2.35. The van der Waals surface area contributed by atoms with Crippen LogP contribution in [0, 0.1) is 6.92 Å². The molecule has 5 nitrogen and oxygen atoms in total. The number of aryl methyl sites for hydroxylation is 1. The van der Waals surface area contributed by atoms with Crippen LogP contribution in [0.4, 0.5) is 0 Å². The number of aromatic hydroxyl groups is 1. The zero-order valence-electron chi connectivity index (χ0n) is 18.1. The van der Waals surface area contributed by atoms with Crippen LogP contribution in [0.25, 0.3) is 33.3 Å². The van der Waals surface area contributed by atoms with Crippen molar-refractivity contribution in [2.24, 2.45) is 0 Å². The molecule has 158 valence electrons. The molecule has 2 aromatic heterocycles. The quantitative estimate of drug-likeness (QED) is 0.512. The maximum atomic E-state index is 9.93. The summed E-state index contributed by atoms with van der Waals surface area (Å²) in [6, 6.07) is 18.4. The van der Waals surface area contributed by atoms with E-state index >= 15 is 0 Å². The molecule has 0 aliphatic carbocycles. The average molecular weight is 413 g/mol. The molecule has 0 atom stereocenters. The maximum absolute atomic E-state index is 9.93. The number of rotatable bonds is 4. The lowest BCUT2D eigenvalue weighted by molar-refractivity contribution is 0.148. The molecule has 2 aromatic carbocycles. The minimum absolute atomic E-state index is 0.270. The van der Waals surface area contributed by atoms with Gasteiger partial charge in [0.15, 0.2) is 0 Å².